The molecule has 0 aliphatic carbocycles. The van der Waals surface area contributed by atoms with E-state index in [4.69, 9.17) is 9.84 Å². The lowest BCUT2D eigenvalue weighted by molar-refractivity contribution is -0.145. The maximum absolute atomic E-state index is 10.4. The third kappa shape index (κ3) is 4.33. The van der Waals surface area contributed by atoms with Gasteiger partial charge in [-0.15, -0.1) is 0 Å². The normalized spacial score (nSPS) is 17.7. The van der Waals surface area contributed by atoms with E-state index in [1.54, 1.807) is 0 Å². The van der Waals surface area contributed by atoms with Crippen LogP contribution in [0.3, 0.4) is 0 Å². The molecule has 1 aromatic heterocycles. The van der Waals surface area contributed by atoms with Crippen molar-refractivity contribution in [1.82, 2.24) is 14.7 Å². The van der Waals surface area contributed by atoms with Crippen LogP contribution in [0.1, 0.15) is 18.5 Å². The summed E-state index contributed by atoms with van der Waals surface area (Å²) < 4.78 is 7.23. The second-order valence-electron chi connectivity index (χ2n) is 4.94. The number of nitrogens with zero attached hydrogens (tertiary/aromatic N) is 3. The summed E-state index contributed by atoms with van der Waals surface area (Å²) in [6.45, 7) is 2.79. The van der Waals surface area contributed by atoms with Crippen molar-refractivity contribution in [2.75, 3.05) is 26.2 Å². The molecule has 2 heterocycles. The standard InChI is InChI=1S/C13H21N3O3/c1-15-11(2-6-14-15)3-7-16-8-4-12(5-9-16)19-10-13(17)18/h2,6,12H,3-5,7-10H2,1H3,(H,17,18). The van der Waals surface area contributed by atoms with Crippen molar-refractivity contribution in [2.24, 2.45) is 7.05 Å². The fraction of sp³-hybridized carbons (Fsp3) is 0.692. The molecule has 0 radical (unpaired) electrons. The van der Waals surface area contributed by atoms with Gasteiger partial charge in [-0.3, -0.25) is 4.68 Å². The largest absolute Gasteiger partial charge is 0.480 e. The Bertz CT molecular complexity index is 411. The van der Waals surface area contributed by atoms with Gasteiger partial charge in [-0.25, -0.2) is 4.79 Å². The minimum Gasteiger partial charge on any atom is -0.480 e. The molecule has 0 atom stereocenters. The number of carboxylic acid groups (broad SMARTS) is 1. The molecule has 6 nitrogen and oxygen atoms in total. The predicted molar refractivity (Wildman–Crippen MR) is 70.0 cm³/mol. The van der Waals surface area contributed by atoms with E-state index in [-0.39, 0.29) is 12.7 Å². The summed E-state index contributed by atoms with van der Waals surface area (Å²) in [5.74, 6) is -0.890. The minimum atomic E-state index is -0.890. The van der Waals surface area contributed by atoms with Crippen LogP contribution in [0.2, 0.25) is 0 Å². The van der Waals surface area contributed by atoms with Crippen molar-refractivity contribution >= 4 is 5.97 Å². The lowest BCUT2D eigenvalue weighted by atomic mass is 10.1. The highest BCUT2D eigenvalue weighted by atomic mass is 16.5. The van der Waals surface area contributed by atoms with Crippen LogP contribution in [0, 0.1) is 0 Å². The zero-order valence-corrected chi connectivity index (χ0v) is 11.3. The summed E-state index contributed by atoms with van der Waals surface area (Å²) in [5.41, 5.74) is 1.24. The van der Waals surface area contributed by atoms with Crippen LogP contribution >= 0.6 is 0 Å². The topological polar surface area (TPSA) is 67.6 Å². The number of aryl methyl sites for hydroxylation is 1. The van der Waals surface area contributed by atoms with Crippen LogP contribution in [-0.4, -0.2) is 58.1 Å². The van der Waals surface area contributed by atoms with E-state index in [0.29, 0.717) is 0 Å². The smallest absolute Gasteiger partial charge is 0.329 e. The average Bonchev–Trinajstić information content (AvgIpc) is 2.81. The van der Waals surface area contributed by atoms with E-state index >= 15 is 0 Å². The number of hydrogen-bond donors (Lipinski definition) is 1. The Balaban J connectivity index is 1.66. The molecule has 2 rings (SSSR count). The first-order chi connectivity index (χ1) is 9.15. The van der Waals surface area contributed by atoms with Gasteiger partial charge in [0.05, 0.1) is 6.10 Å². The third-order valence-corrected chi connectivity index (χ3v) is 3.58. The SMILES string of the molecule is Cn1nccc1CCN1CCC(OCC(=O)O)CC1. The summed E-state index contributed by atoms with van der Waals surface area (Å²) in [7, 11) is 1.96. The van der Waals surface area contributed by atoms with Crippen molar-refractivity contribution < 1.29 is 14.6 Å². The van der Waals surface area contributed by atoms with E-state index < -0.39 is 5.97 Å². The van der Waals surface area contributed by atoms with Crippen LogP contribution in [0.15, 0.2) is 12.3 Å². The highest BCUT2D eigenvalue weighted by Crippen LogP contribution is 2.14. The Morgan fingerprint density at radius 3 is 2.84 bits per heavy atom. The van der Waals surface area contributed by atoms with Gasteiger partial charge in [0.1, 0.15) is 6.61 Å². The Morgan fingerprint density at radius 1 is 1.53 bits per heavy atom. The van der Waals surface area contributed by atoms with Crippen LogP contribution in [-0.2, 0) is 23.0 Å². The van der Waals surface area contributed by atoms with E-state index in [2.05, 4.69) is 10.00 Å². The maximum Gasteiger partial charge on any atom is 0.329 e. The van der Waals surface area contributed by atoms with Crippen molar-refractivity contribution in [2.45, 2.75) is 25.4 Å². The van der Waals surface area contributed by atoms with Crippen molar-refractivity contribution in [3.05, 3.63) is 18.0 Å². The van der Waals surface area contributed by atoms with E-state index in [0.717, 1.165) is 38.9 Å². The first kappa shape index (κ1) is 14.0. The third-order valence-electron chi connectivity index (χ3n) is 3.58. The molecule has 1 aliphatic rings. The predicted octanol–water partition coefficient (Wildman–Crippen LogP) is 0.528. The molecule has 0 saturated carbocycles. The number of ether oxygens (including phenoxy) is 1. The highest BCUT2D eigenvalue weighted by molar-refractivity contribution is 5.68. The van der Waals surface area contributed by atoms with E-state index in [1.807, 2.05) is 24.0 Å². The maximum atomic E-state index is 10.4. The molecule has 1 aromatic rings. The van der Waals surface area contributed by atoms with Gasteiger partial charge in [-0.1, -0.05) is 0 Å². The van der Waals surface area contributed by atoms with Gasteiger partial charge < -0.3 is 14.7 Å². The Morgan fingerprint density at radius 2 is 2.26 bits per heavy atom. The quantitative estimate of drug-likeness (QED) is 0.814. The van der Waals surface area contributed by atoms with Crippen molar-refractivity contribution in [1.29, 1.82) is 0 Å². The molecule has 0 aromatic carbocycles. The molecule has 0 unspecified atom stereocenters. The molecule has 0 amide bonds. The van der Waals surface area contributed by atoms with Crippen LogP contribution in [0.4, 0.5) is 0 Å². The molecule has 1 saturated heterocycles. The molecule has 1 fully saturated rings. The van der Waals surface area contributed by atoms with Crippen molar-refractivity contribution in [3.63, 3.8) is 0 Å². The highest BCUT2D eigenvalue weighted by Gasteiger charge is 2.20. The fourth-order valence-corrected chi connectivity index (χ4v) is 2.41. The second kappa shape index (κ2) is 6.68. The molecular formula is C13H21N3O3. The summed E-state index contributed by atoms with van der Waals surface area (Å²) in [6, 6.07) is 2.04. The number of carbonyl (C=O) groups is 1. The number of aliphatic carboxylic acids is 1. The summed E-state index contributed by atoms with van der Waals surface area (Å²) >= 11 is 0. The average molecular weight is 267 g/mol. The zero-order valence-electron chi connectivity index (χ0n) is 11.3. The lowest BCUT2D eigenvalue weighted by Crippen LogP contribution is -2.38. The Hall–Kier alpha value is -1.40. The Labute approximate surface area is 113 Å². The molecule has 106 valence electrons. The number of piperidine rings is 1. The number of aromatic nitrogens is 2. The summed E-state index contributed by atoms with van der Waals surface area (Å²) in [4.78, 5) is 12.8. The first-order valence-corrected chi connectivity index (χ1v) is 6.68. The number of likely N-dealkylation sites (tertiary alicyclic amines) is 1. The van der Waals surface area contributed by atoms with Crippen LogP contribution in [0.5, 0.6) is 0 Å². The van der Waals surface area contributed by atoms with Gasteiger partial charge in [0.25, 0.3) is 0 Å². The van der Waals surface area contributed by atoms with Gasteiger partial charge in [0.15, 0.2) is 0 Å². The summed E-state index contributed by atoms with van der Waals surface area (Å²) in [6.07, 6.45) is 4.75. The molecule has 1 aliphatic heterocycles. The van der Waals surface area contributed by atoms with Crippen molar-refractivity contribution in [3.8, 4) is 0 Å². The number of hydrogen-bond acceptors (Lipinski definition) is 4. The Kier molecular flexibility index (Phi) is 4.93. The van der Waals surface area contributed by atoms with Gasteiger partial charge in [0.2, 0.25) is 0 Å². The minimum absolute atomic E-state index is 0.101. The van der Waals surface area contributed by atoms with Gasteiger partial charge in [-0.2, -0.15) is 5.10 Å². The molecule has 0 bridgehead atoms. The molecule has 6 heteroatoms. The monoisotopic (exact) mass is 267 g/mol. The van der Waals surface area contributed by atoms with Gasteiger partial charge in [0, 0.05) is 45.0 Å². The van der Waals surface area contributed by atoms with E-state index in [9.17, 15) is 4.79 Å². The van der Waals surface area contributed by atoms with Gasteiger partial charge in [-0.05, 0) is 18.9 Å². The number of carboxylic acids is 1. The molecule has 19 heavy (non-hydrogen) atoms. The first-order valence-electron chi connectivity index (χ1n) is 6.68. The fourth-order valence-electron chi connectivity index (χ4n) is 2.41. The molecule has 1 N–H and O–H groups in total. The zero-order chi connectivity index (χ0) is 13.7. The van der Waals surface area contributed by atoms with Gasteiger partial charge >= 0.3 is 5.97 Å². The molecular weight excluding hydrogens is 246 g/mol. The van der Waals surface area contributed by atoms with E-state index in [1.165, 1.54) is 5.69 Å². The van der Waals surface area contributed by atoms with Crippen LogP contribution < -0.4 is 0 Å². The summed E-state index contributed by atoms with van der Waals surface area (Å²) in [5, 5.41) is 12.7. The van der Waals surface area contributed by atoms with Crippen LogP contribution in [0.25, 0.3) is 0 Å². The lowest BCUT2D eigenvalue weighted by Gasteiger charge is -2.31. The number of rotatable bonds is 6. The second-order valence-corrected chi connectivity index (χ2v) is 4.94. The molecule has 0 spiro atoms.